The summed E-state index contributed by atoms with van der Waals surface area (Å²) in [6.07, 6.45) is 0. The summed E-state index contributed by atoms with van der Waals surface area (Å²) in [5, 5.41) is 0.211. The second-order valence-corrected chi connectivity index (χ2v) is 2.08. The van der Waals surface area contributed by atoms with E-state index in [9.17, 15) is 0 Å². The maximum absolute atomic E-state index is 4.91. The lowest BCUT2D eigenvalue weighted by Crippen LogP contribution is -2.11. The summed E-state index contributed by atoms with van der Waals surface area (Å²) in [5.74, 6) is 0. The van der Waals surface area contributed by atoms with E-state index in [1.807, 2.05) is 20.8 Å². The van der Waals surface area contributed by atoms with Crippen LogP contribution in [-0.2, 0) is 9.47 Å². The van der Waals surface area contributed by atoms with Crippen LogP contribution < -0.4 is 11.5 Å². The van der Waals surface area contributed by atoms with Crippen molar-refractivity contribution in [2.24, 2.45) is 11.5 Å². The molecule has 0 aliphatic rings. The fraction of sp³-hybridized carbons (Fsp3) is 0.714. The fourth-order valence-corrected chi connectivity index (χ4v) is 0.260. The second-order valence-electron chi connectivity index (χ2n) is 1.28. The van der Waals surface area contributed by atoms with Gasteiger partial charge in [-0.25, -0.2) is 0 Å². The van der Waals surface area contributed by atoms with Crippen LogP contribution in [0.2, 0.25) is 0 Å². The minimum absolute atomic E-state index is 0.0880. The van der Waals surface area contributed by atoms with Crippen LogP contribution in [0.1, 0.15) is 20.8 Å². The summed E-state index contributed by atoms with van der Waals surface area (Å²) in [6.45, 7) is 6.40. The van der Waals surface area contributed by atoms with Crippen molar-refractivity contribution in [2.75, 3.05) is 13.7 Å². The van der Waals surface area contributed by atoms with E-state index in [1.54, 1.807) is 0 Å². The third-order valence-electron chi connectivity index (χ3n) is 0.488. The molecule has 13 heavy (non-hydrogen) atoms. The van der Waals surface area contributed by atoms with Gasteiger partial charge in [-0.05, 0) is 31.4 Å². The summed E-state index contributed by atoms with van der Waals surface area (Å²) in [5.41, 5.74) is 9.71. The van der Waals surface area contributed by atoms with Gasteiger partial charge in [0.1, 0.15) is 0 Å². The van der Waals surface area contributed by atoms with Crippen molar-refractivity contribution in [3.8, 4) is 0 Å². The molecule has 0 saturated heterocycles. The summed E-state index contributed by atoms with van der Waals surface area (Å²) in [4.78, 5) is 0. The first kappa shape index (κ1) is 18.2. The number of thiocarbonyl (C=S) groups is 2. The van der Waals surface area contributed by atoms with Crippen LogP contribution >= 0.6 is 24.4 Å². The average Bonchev–Trinajstić information content (AvgIpc) is 2.09. The molecule has 0 aliphatic heterocycles. The Labute approximate surface area is 90.6 Å². The van der Waals surface area contributed by atoms with Gasteiger partial charge >= 0.3 is 0 Å². The minimum Gasteiger partial charge on any atom is -0.475 e. The summed E-state index contributed by atoms with van der Waals surface area (Å²) in [7, 11) is 1.43. The second kappa shape index (κ2) is 17.5. The number of methoxy groups -OCH3 is 1. The normalized spacial score (nSPS) is 6.46. The zero-order chi connectivity index (χ0) is 11.3. The first-order valence-corrected chi connectivity index (χ1v) is 4.61. The molecular formula is C7H18N2O2S2. The summed E-state index contributed by atoms with van der Waals surface area (Å²) < 4.78 is 8.81. The number of hydrogen-bond acceptors (Lipinski definition) is 4. The highest BCUT2D eigenvalue weighted by Crippen LogP contribution is 1.67. The summed E-state index contributed by atoms with van der Waals surface area (Å²) >= 11 is 8.60. The van der Waals surface area contributed by atoms with E-state index in [-0.39, 0.29) is 10.3 Å². The number of rotatable bonds is 1. The molecule has 0 aromatic rings. The van der Waals surface area contributed by atoms with E-state index in [1.165, 1.54) is 7.11 Å². The molecule has 4 nitrogen and oxygen atoms in total. The molecule has 0 heterocycles. The molecule has 0 aromatic carbocycles. The van der Waals surface area contributed by atoms with Gasteiger partial charge < -0.3 is 20.9 Å². The van der Waals surface area contributed by atoms with Crippen molar-refractivity contribution in [1.82, 2.24) is 0 Å². The zero-order valence-electron chi connectivity index (χ0n) is 8.49. The number of nitrogens with two attached hydrogens (primary N) is 2. The van der Waals surface area contributed by atoms with Crippen LogP contribution in [0.4, 0.5) is 0 Å². The fourth-order valence-electron chi connectivity index (χ4n) is 0.142. The van der Waals surface area contributed by atoms with Gasteiger partial charge in [-0.1, -0.05) is 13.8 Å². The molecule has 4 N–H and O–H groups in total. The van der Waals surface area contributed by atoms with Crippen LogP contribution in [0.3, 0.4) is 0 Å². The molecule has 80 valence electrons. The van der Waals surface area contributed by atoms with Crippen LogP contribution in [0.5, 0.6) is 0 Å². The Bertz CT molecular complexity index is 132. The topological polar surface area (TPSA) is 70.5 Å². The predicted molar refractivity (Wildman–Crippen MR) is 63.6 cm³/mol. The van der Waals surface area contributed by atoms with Crippen molar-refractivity contribution >= 4 is 34.8 Å². The Balaban J connectivity index is -0.000000131. The Morgan fingerprint density at radius 2 is 1.46 bits per heavy atom. The van der Waals surface area contributed by atoms with Gasteiger partial charge in [0.25, 0.3) is 10.3 Å². The maximum Gasteiger partial charge on any atom is 0.253 e. The van der Waals surface area contributed by atoms with Crippen LogP contribution in [0, 0.1) is 0 Å². The summed E-state index contributed by atoms with van der Waals surface area (Å²) in [6, 6.07) is 0. The molecule has 0 aliphatic carbocycles. The minimum atomic E-state index is 0.0880. The van der Waals surface area contributed by atoms with E-state index in [0.717, 1.165) is 0 Å². The molecule has 0 unspecified atom stereocenters. The first-order valence-electron chi connectivity index (χ1n) is 3.80. The highest BCUT2D eigenvalue weighted by atomic mass is 32.1. The molecule has 6 heteroatoms. The van der Waals surface area contributed by atoms with Gasteiger partial charge in [0.15, 0.2) is 0 Å². The largest absolute Gasteiger partial charge is 0.475 e. The van der Waals surface area contributed by atoms with Gasteiger partial charge in [0.2, 0.25) is 0 Å². The highest BCUT2D eigenvalue weighted by Gasteiger charge is 1.76. The van der Waals surface area contributed by atoms with Crippen LogP contribution in [-0.4, -0.2) is 24.1 Å². The Hall–Kier alpha value is -0.620. The Morgan fingerprint density at radius 3 is 1.46 bits per heavy atom. The molecule has 0 spiro atoms. The molecule has 0 saturated carbocycles. The van der Waals surface area contributed by atoms with Gasteiger partial charge in [-0.3, -0.25) is 0 Å². The third kappa shape index (κ3) is 52.2. The standard InChI is InChI=1S/C3H7NOS.C2H5NOS.C2H6/c1-2-5-3(4)6;1-4-2(3)5;1-2/h2H2,1H3,(H2,4,6);1H3,(H2,3,5);1-2H3. The van der Waals surface area contributed by atoms with E-state index >= 15 is 0 Å². The van der Waals surface area contributed by atoms with Crippen molar-refractivity contribution in [3.05, 3.63) is 0 Å². The predicted octanol–water partition coefficient (Wildman–Crippen LogP) is 1.17. The van der Waals surface area contributed by atoms with E-state index in [0.29, 0.717) is 6.61 Å². The van der Waals surface area contributed by atoms with Crippen LogP contribution in [0.25, 0.3) is 0 Å². The monoisotopic (exact) mass is 226 g/mol. The number of ether oxygens (including phenoxy) is 2. The van der Waals surface area contributed by atoms with Crippen molar-refractivity contribution in [3.63, 3.8) is 0 Å². The van der Waals surface area contributed by atoms with Gasteiger partial charge in [-0.2, -0.15) is 0 Å². The van der Waals surface area contributed by atoms with Gasteiger partial charge in [-0.15, -0.1) is 0 Å². The molecule has 0 atom stereocenters. The molecule has 0 aromatic heterocycles. The molecule has 0 bridgehead atoms. The zero-order valence-corrected chi connectivity index (χ0v) is 10.1. The van der Waals surface area contributed by atoms with Gasteiger partial charge in [0.05, 0.1) is 13.7 Å². The lowest BCUT2D eigenvalue weighted by atomic mass is 10.9. The van der Waals surface area contributed by atoms with E-state index < -0.39 is 0 Å². The number of hydrogen-bond donors (Lipinski definition) is 2. The Morgan fingerprint density at radius 1 is 1.15 bits per heavy atom. The van der Waals surface area contributed by atoms with Crippen LogP contribution in [0.15, 0.2) is 0 Å². The van der Waals surface area contributed by atoms with E-state index in [2.05, 4.69) is 33.9 Å². The average molecular weight is 226 g/mol. The molecule has 0 amide bonds. The van der Waals surface area contributed by atoms with Gasteiger partial charge in [0, 0.05) is 0 Å². The van der Waals surface area contributed by atoms with Crippen molar-refractivity contribution < 1.29 is 9.47 Å². The van der Waals surface area contributed by atoms with E-state index in [4.69, 9.17) is 11.5 Å². The van der Waals surface area contributed by atoms with Crippen molar-refractivity contribution in [2.45, 2.75) is 20.8 Å². The molecule has 0 fully saturated rings. The first-order chi connectivity index (χ1) is 6.04. The molecule has 0 radical (unpaired) electrons. The third-order valence-corrected chi connectivity index (χ3v) is 0.772. The smallest absolute Gasteiger partial charge is 0.253 e. The quantitative estimate of drug-likeness (QED) is 0.654. The molecule has 0 rings (SSSR count). The Kier molecular flexibility index (Phi) is 24.5. The lowest BCUT2D eigenvalue weighted by molar-refractivity contribution is 0.331. The lowest BCUT2D eigenvalue weighted by Gasteiger charge is -1.93. The highest BCUT2D eigenvalue weighted by molar-refractivity contribution is 7.80. The SMILES string of the molecule is CC.CCOC(N)=S.COC(N)=S. The maximum atomic E-state index is 4.91. The van der Waals surface area contributed by atoms with Crippen molar-refractivity contribution in [1.29, 1.82) is 0 Å². The molecular weight excluding hydrogens is 208 g/mol.